The highest BCUT2D eigenvalue weighted by molar-refractivity contribution is 5.13. The van der Waals surface area contributed by atoms with Crippen molar-refractivity contribution in [3.05, 3.63) is 35.9 Å². The Labute approximate surface area is 99.2 Å². The van der Waals surface area contributed by atoms with E-state index in [1.54, 1.807) is 0 Å². The van der Waals surface area contributed by atoms with Crippen LogP contribution in [0.15, 0.2) is 30.3 Å². The summed E-state index contributed by atoms with van der Waals surface area (Å²) in [4.78, 5) is 0. The number of aliphatic hydroxyl groups is 3. The summed E-state index contributed by atoms with van der Waals surface area (Å²) >= 11 is 0. The monoisotopic (exact) mass is 240 g/mol. The van der Waals surface area contributed by atoms with Gasteiger partial charge in [-0.05, 0) is 5.56 Å². The van der Waals surface area contributed by atoms with E-state index in [4.69, 9.17) is 14.6 Å². The van der Waals surface area contributed by atoms with Crippen LogP contribution in [0.1, 0.15) is 5.56 Å². The van der Waals surface area contributed by atoms with Crippen LogP contribution in [-0.2, 0) is 16.1 Å². The Hall–Kier alpha value is -0.980. The normalized spacial score (nSPS) is 32.9. The van der Waals surface area contributed by atoms with Gasteiger partial charge in [-0.2, -0.15) is 0 Å². The second kappa shape index (κ2) is 5.57. The first-order chi connectivity index (χ1) is 8.18. The molecule has 0 spiro atoms. The van der Waals surface area contributed by atoms with E-state index in [-0.39, 0.29) is 6.61 Å². The molecule has 0 bridgehead atoms. The lowest BCUT2D eigenvalue weighted by Gasteiger charge is -2.14. The van der Waals surface area contributed by atoms with E-state index in [0.29, 0.717) is 6.61 Å². The average Bonchev–Trinajstić information content (AvgIpc) is 2.59. The predicted molar refractivity (Wildman–Crippen MR) is 59.0 cm³/mol. The fraction of sp³-hybridized carbons (Fsp3) is 0.500. The molecule has 1 unspecified atom stereocenters. The van der Waals surface area contributed by atoms with Crippen molar-refractivity contribution in [3.63, 3.8) is 0 Å². The van der Waals surface area contributed by atoms with Gasteiger partial charge in [0, 0.05) is 0 Å². The minimum atomic E-state index is -1.34. The number of benzene rings is 1. The summed E-state index contributed by atoms with van der Waals surface area (Å²) in [7, 11) is 0. The van der Waals surface area contributed by atoms with Gasteiger partial charge in [0.05, 0.1) is 13.2 Å². The van der Waals surface area contributed by atoms with Crippen LogP contribution in [-0.4, -0.2) is 46.5 Å². The Bertz CT molecular complexity index is 342. The maximum absolute atomic E-state index is 9.51. The molecule has 4 atom stereocenters. The zero-order valence-corrected chi connectivity index (χ0v) is 9.27. The molecule has 1 saturated heterocycles. The quantitative estimate of drug-likeness (QED) is 0.670. The third-order valence-corrected chi connectivity index (χ3v) is 2.73. The smallest absolute Gasteiger partial charge is 0.184 e. The number of aliphatic hydroxyl groups excluding tert-OH is 3. The van der Waals surface area contributed by atoms with Crippen molar-refractivity contribution < 1.29 is 24.8 Å². The number of ether oxygens (including phenoxy) is 2. The minimum absolute atomic E-state index is 0.129. The second-order valence-electron chi connectivity index (χ2n) is 4.05. The summed E-state index contributed by atoms with van der Waals surface area (Å²) in [5.74, 6) is 0. The van der Waals surface area contributed by atoms with Crippen LogP contribution in [0, 0.1) is 0 Å². The Morgan fingerprint density at radius 2 is 1.76 bits per heavy atom. The van der Waals surface area contributed by atoms with Gasteiger partial charge < -0.3 is 24.8 Å². The van der Waals surface area contributed by atoms with Crippen LogP contribution in [0.4, 0.5) is 0 Å². The Morgan fingerprint density at radius 3 is 2.35 bits per heavy atom. The highest BCUT2D eigenvalue weighted by atomic mass is 16.7. The molecule has 1 fully saturated rings. The largest absolute Gasteiger partial charge is 0.387 e. The summed E-state index contributed by atoms with van der Waals surface area (Å²) < 4.78 is 10.3. The molecule has 17 heavy (non-hydrogen) atoms. The minimum Gasteiger partial charge on any atom is -0.387 e. The van der Waals surface area contributed by atoms with E-state index in [1.807, 2.05) is 30.3 Å². The number of rotatable bonds is 4. The molecule has 1 aromatic carbocycles. The van der Waals surface area contributed by atoms with Gasteiger partial charge in [0.2, 0.25) is 0 Å². The first kappa shape index (κ1) is 12.5. The maximum Gasteiger partial charge on any atom is 0.184 e. The lowest BCUT2D eigenvalue weighted by molar-refractivity contribution is -0.137. The SMILES string of the molecule is OC1O[C@H](COCc2ccccc2)[C@H](O)[C@H]1O. The van der Waals surface area contributed by atoms with Crippen LogP contribution in [0.3, 0.4) is 0 Å². The second-order valence-corrected chi connectivity index (χ2v) is 4.05. The molecule has 1 aromatic rings. The topological polar surface area (TPSA) is 79.2 Å². The lowest BCUT2D eigenvalue weighted by Crippen LogP contribution is -2.34. The molecule has 5 heteroatoms. The average molecular weight is 240 g/mol. The summed E-state index contributed by atoms with van der Waals surface area (Å²) in [6.07, 6.45) is -4.40. The standard InChI is InChI=1S/C12H16O5/c13-10-9(17-12(15)11(10)14)7-16-6-8-4-2-1-3-5-8/h1-5,9-15H,6-7H2/t9-,10+,11-,12?/m1/s1. The van der Waals surface area contributed by atoms with Gasteiger partial charge in [0.25, 0.3) is 0 Å². The lowest BCUT2D eigenvalue weighted by atomic mass is 10.1. The molecular formula is C12H16O5. The van der Waals surface area contributed by atoms with E-state index >= 15 is 0 Å². The van der Waals surface area contributed by atoms with Gasteiger partial charge >= 0.3 is 0 Å². The van der Waals surface area contributed by atoms with Gasteiger partial charge in [-0.1, -0.05) is 30.3 Å². The molecule has 0 amide bonds. The van der Waals surface area contributed by atoms with Crippen molar-refractivity contribution >= 4 is 0 Å². The van der Waals surface area contributed by atoms with Crippen LogP contribution < -0.4 is 0 Å². The van der Waals surface area contributed by atoms with Crippen LogP contribution >= 0.6 is 0 Å². The van der Waals surface area contributed by atoms with Crippen molar-refractivity contribution in [2.45, 2.75) is 31.2 Å². The summed E-state index contributed by atoms with van der Waals surface area (Å²) in [5, 5.41) is 27.9. The predicted octanol–water partition coefficient (Wildman–Crippen LogP) is -0.358. The van der Waals surface area contributed by atoms with Crippen molar-refractivity contribution in [1.82, 2.24) is 0 Å². The highest BCUT2D eigenvalue weighted by Gasteiger charge is 2.41. The molecule has 0 aliphatic carbocycles. The van der Waals surface area contributed by atoms with Crippen molar-refractivity contribution in [2.75, 3.05) is 6.61 Å². The van der Waals surface area contributed by atoms with Gasteiger partial charge in [-0.15, -0.1) is 0 Å². The Morgan fingerprint density at radius 1 is 1.06 bits per heavy atom. The van der Waals surface area contributed by atoms with Crippen molar-refractivity contribution in [2.24, 2.45) is 0 Å². The van der Waals surface area contributed by atoms with Gasteiger partial charge in [0.15, 0.2) is 6.29 Å². The Kier molecular flexibility index (Phi) is 4.09. The van der Waals surface area contributed by atoms with Gasteiger partial charge in [-0.3, -0.25) is 0 Å². The Balaban J connectivity index is 1.76. The zero-order chi connectivity index (χ0) is 12.3. The first-order valence-corrected chi connectivity index (χ1v) is 5.50. The fourth-order valence-corrected chi connectivity index (χ4v) is 1.73. The van der Waals surface area contributed by atoms with E-state index in [2.05, 4.69) is 0 Å². The molecule has 94 valence electrons. The molecule has 1 aliphatic rings. The molecule has 0 aromatic heterocycles. The van der Waals surface area contributed by atoms with E-state index in [1.165, 1.54) is 0 Å². The van der Waals surface area contributed by atoms with Crippen LogP contribution in [0.25, 0.3) is 0 Å². The fourth-order valence-electron chi connectivity index (χ4n) is 1.73. The van der Waals surface area contributed by atoms with Crippen LogP contribution in [0.2, 0.25) is 0 Å². The van der Waals surface area contributed by atoms with Gasteiger partial charge in [-0.25, -0.2) is 0 Å². The van der Waals surface area contributed by atoms with E-state index in [0.717, 1.165) is 5.56 Å². The van der Waals surface area contributed by atoms with Crippen molar-refractivity contribution in [3.8, 4) is 0 Å². The maximum atomic E-state index is 9.51. The summed E-state index contributed by atoms with van der Waals surface area (Å²) in [6, 6.07) is 9.59. The zero-order valence-electron chi connectivity index (χ0n) is 9.27. The first-order valence-electron chi connectivity index (χ1n) is 5.50. The van der Waals surface area contributed by atoms with Crippen LogP contribution in [0.5, 0.6) is 0 Å². The molecule has 0 saturated carbocycles. The molecule has 0 radical (unpaired) electrons. The third-order valence-electron chi connectivity index (χ3n) is 2.73. The third kappa shape index (κ3) is 3.02. The molecule has 1 heterocycles. The highest BCUT2D eigenvalue weighted by Crippen LogP contribution is 2.19. The molecule has 3 N–H and O–H groups in total. The van der Waals surface area contributed by atoms with Gasteiger partial charge in [0.1, 0.15) is 18.3 Å². The molecule has 2 rings (SSSR count). The van der Waals surface area contributed by atoms with E-state index < -0.39 is 24.6 Å². The number of hydrogen-bond donors (Lipinski definition) is 3. The molecular weight excluding hydrogens is 224 g/mol. The molecule has 5 nitrogen and oxygen atoms in total. The molecule has 1 aliphatic heterocycles. The number of hydrogen-bond acceptors (Lipinski definition) is 5. The van der Waals surface area contributed by atoms with E-state index in [9.17, 15) is 10.2 Å². The summed E-state index contributed by atoms with van der Waals surface area (Å²) in [5.41, 5.74) is 1.01. The summed E-state index contributed by atoms with van der Waals surface area (Å²) in [6.45, 7) is 0.532. The van der Waals surface area contributed by atoms with Crippen molar-refractivity contribution in [1.29, 1.82) is 0 Å².